The minimum Gasteiger partial charge on any atom is -0.481 e. The maximum Gasteiger partial charge on any atom is 0.317 e. The molecule has 23 heavy (non-hydrogen) atoms. The molecule has 1 fully saturated rings. The van der Waals surface area contributed by atoms with Crippen molar-refractivity contribution in [3.8, 4) is 0 Å². The molecule has 1 aliphatic rings. The van der Waals surface area contributed by atoms with Gasteiger partial charge < -0.3 is 20.2 Å². The number of carbonyl (C=O) groups excluding carboxylic acids is 1. The third-order valence-electron chi connectivity index (χ3n) is 3.89. The Hall–Kier alpha value is -1.83. The van der Waals surface area contributed by atoms with Gasteiger partial charge in [0.2, 0.25) is 0 Å². The summed E-state index contributed by atoms with van der Waals surface area (Å²) in [5.41, 5.74) is 0.985. The number of nitrogens with one attached hydrogen (secondary N) is 1. The Labute approximate surface area is 140 Å². The Morgan fingerprint density at radius 1 is 1.48 bits per heavy atom. The first-order chi connectivity index (χ1) is 11.0. The molecule has 0 spiro atoms. The highest BCUT2D eigenvalue weighted by molar-refractivity contribution is 7.13. The van der Waals surface area contributed by atoms with Crippen molar-refractivity contribution >= 4 is 28.5 Å². The molecule has 0 aliphatic carbocycles. The highest BCUT2D eigenvalue weighted by atomic mass is 32.1. The zero-order valence-electron chi connectivity index (χ0n) is 13.6. The smallest absolute Gasteiger partial charge is 0.317 e. The number of carboxylic acids is 1. The summed E-state index contributed by atoms with van der Waals surface area (Å²) in [6.07, 6.45) is 3.14. The van der Waals surface area contributed by atoms with Gasteiger partial charge in [-0.2, -0.15) is 0 Å². The molecule has 2 rings (SSSR count). The Balaban J connectivity index is 1.71. The van der Waals surface area contributed by atoms with Gasteiger partial charge in [0.1, 0.15) is 0 Å². The zero-order valence-corrected chi connectivity index (χ0v) is 14.4. The second-order valence-corrected chi connectivity index (χ2v) is 6.75. The van der Waals surface area contributed by atoms with E-state index in [1.807, 2.05) is 5.38 Å². The summed E-state index contributed by atoms with van der Waals surface area (Å²) >= 11 is 1.65. The third-order valence-corrected chi connectivity index (χ3v) is 4.84. The lowest BCUT2D eigenvalue weighted by Gasteiger charge is -2.19. The van der Waals surface area contributed by atoms with Crippen LogP contribution in [0.1, 0.15) is 25.5 Å². The van der Waals surface area contributed by atoms with Crippen LogP contribution in [0.25, 0.3) is 0 Å². The van der Waals surface area contributed by atoms with E-state index >= 15 is 0 Å². The van der Waals surface area contributed by atoms with Crippen LogP contribution >= 0.6 is 11.3 Å². The molecule has 0 radical (unpaired) electrons. The Morgan fingerprint density at radius 3 is 2.83 bits per heavy atom. The third kappa shape index (κ3) is 5.09. The van der Waals surface area contributed by atoms with Crippen LogP contribution in [0.4, 0.5) is 9.93 Å². The fraction of sp³-hybridized carbons (Fsp3) is 0.667. The first kappa shape index (κ1) is 17.5. The SMILES string of the molecule is CC(CN(C)C(=O)NCCc1csc(N2CCCC2)n1)C(=O)O. The predicted octanol–water partition coefficient (Wildman–Crippen LogP) is 1.65. The van der Waals surface area contributed by atoms with Gasteiger partial charge in [-0.3, -0.25) is 4.79 Å². The Bertz CT molecular complexity index is 543. The largest absolute Gasteiger partial charge is 0.481 e. The van der Waals surface area contributed by atoms with Crippen molar-refractivity contribution < 1.29 is 14.7 Å². The van der Waals surface area contributed by atoms with Crippen molar-refractivity contribution in [2.24, 2.45) is 5.92 Å². The molecular weight excluding hydrogens is 316 g/mol. The monoisotopic (exact) mass is 340 g/mol. The van der Waals surface area contributed by atoms with Crippen molar-refractivity contribution in [1.82, 2.24) is 15.2 Å². The van der Waals surface area contributed by atoms with E-state index in [0.29, 0.717) is 13.0 Å². The molecule has 1 saturated heterocycles. The van der Waals surface area contributed by atoms with Gasteiger partial charge in [0, 0.05) is 45.0 Å². The molecule has 128 valence electrons. The summed E-state index contributed by atoms with van der Waals surface area (Å²) in [6.45, 7) is 4.43. The molecule has 7 nitrogen and oxygen atoms in total. The highest BCUT2D eigenvalue weighted by Crippen LogP contribution is 2.24. The first-order valence-electron chi connectivity index (χ1n) is 7.88. The Morgan fingerprint density at radius 2 is 2.17 bits per heavy atom. The van der Waals surface area contributed by atoms with Crippen LogP contribution in [0.5, 0.6) is 0 Å². The molecule has 0 aromatic carbocycles. The van der Waals surface area contributed by atoms with E-state index in [9.17, 15) is 9.59 Å². The number of amides is 2. The number of carboxylic acid groups (broad SMARTS) is 1. The lowest BCUT2D eigenvalue weighted by Crippen LogP contribution is -2.41. The molecule has 1 atom stereocenters. The van der Waals surface area contributed by atoms with Gasteiger partial charge in [-0.15, -0.1) is 11.3 Å². The first-order valence-corrected chi connectivity index (χ1v) is 8.76. The van der Waals surface area contributed by atoms with Gasteiger partial charge in [0.25, 0.3) is 0 Å². The second-order valence-electron chi connectivity index (χ2n) is 5.92. The van der Waals surface area contributed by atoms with E-state index in [4.69, 9.17) is 5.11 Å². The van der Waals surface area contributed by atoms with Gasteiger partial charge in [-0.25, -0.2) is 9.78 Å². The van der Waals surface area contributed by atoms with Crippen LogP contribution in [0.3, 0.4) is 0 Å². The van der Waals surface area contributed by atoms with E-state index in [0.717, 1.165) is 23.9 Å². The molecule has 0 saturated carbocycles. The number of nitrogens with zero attached hydrogens (tertiary/aromatic N) is 3. The highest BCUT2D eigenvalue weighted by Gasteiger charge is 2.18. The fourth-order valence-corrected chi connectivity index (χ4v) is 3.38. The number of hydrogen-bond donors (Lipinski definition) is 2. The van der Waals surface area contributed by atoms with Crippen LogP contribution in [-0.2, 0) is 11.2 Å². The summed E-state index contributed by atoms with van der Waals surface area (Å²) in [4.78, 5) is 31.0. The molecule has 2 heterocycles. The van der Waals surface area contributed by atoms with Crippen molar-refractivity contribution in [1.29, 1.82) is 0 Å². The van der Waals surface area contributed by atoms with E-state index < -0.39 is 11.9 Å². The summed E-state index contributed by atoms with van der Waals surface area (Å²) < 4.78 is 0. The average Bonchev–Trinajstić information content (AvgIpc) is 3.17. The quantitative estimate of drug-likeness (QED) is 0.788. The number of aliphatic carboxylic acids is 1. The van der Waals surface area contributed by atoms with Crippen molar-refractivity contribution in [3.63, 3.8) is 0 Å². The van der Waals surface area contributed by atoms with Crippen molar-refractivity contribution in [2.45, 2.75) is 26.2 Å². The zero-order chi connectivity index (χ0) is 16.8. The molecule has 0 bridgehead atoms. The maximum atomic E-state index is 11.9. The minimum atomic E-state index is -0.901. The molecule has 2 amide bonds. The molecule has 1 aliphatic heterocycles. The van der Waals surface area contributed by atoms with Crippen LogP contribution in [0.2, 0.25) is 0 Å². The van der Waals surface area contributed by atoms with Crippen LogP contribution in [0, 0.1) is 5.92 Å². The molecule has 1 aromatic heterocycles. The summed E-state index contributed by atoms with van der Waals surface area (Å²) in [5, 5.41) is 14.8. The number of rotatable bonds is 7. The summed E-state index contributed by atoms with van der Waals surface area (Å²) in [6, 6.07) is -0.256. The van der Waals surface area contributed by atoms with Gasteiger partial charge >= 0.3 is 12.0 Å². The topological polar surface area (TPSA) is 85.8 Å². The average molecular weight is 340 g/mol. The van der Waals surface area contributed by atoms with E-state index in [1.165, 1.54) is 17.7 Å². The van der Waals surface area contributed by atoms with E-state index in [-0.39, 0.29) is 12.6 Å². The van der Waals surface area contributed by atoms with Crippen LogP contribution < -0.4 is 10.2 Å². The van der Waals surface area contributed by atoms with Gasteiger partial charge in [0.15, 0.2) is 5.13 Å². The molecule has 1 unspecified atom stereocenters. The molecule has 8 heteroatoms. The van der Waals surface area contributed by atoms with Crippen molar-refractivity contribution in [3.05, 3.63) is 11.1 Å². The minimum absolute atomic E-state index is 0.191. The van der Waals surface area contributed by atoms with Crippen molar-refractivity contribution in [2.75, 3.05) is 38.1 Å². The Kier molecular flexibility index (Phi) is 6.20. The number of hydrogen-bond acceptors (Lipinski definition) is 5. The number of urea groups is 1. The number of carbonyl (C=O) groups is 2. The van der Waals surface area contributed by atoms with Gasteiger partial charge in [-0.05, 0) is 12.8 Å². The fourth-order valence-electron chi connectivity index (χ4n) is 2.47. The van der Waals surface area contributed by atoms with Gasteiger partial charge in [0.05, 0.1) is 11.6 Å². The molecule has 2 N–H and O–H groups in total. The van der Waals surface area contributed by atoms with E-state index in [1.54, 1.807) is 25.3 Å². The number of thiazole rings is 1. The summed E-state index contributed by atoms with van der Waals surface area (Å²) in [7, 11) is 1.60. The lowest BCUT2D eigenvalue weighted by atomic mass is 10.2. The van der Waals surface area contributed by atoms with Crippen LogP contribution in [0.15, 0.2) is 5.38 Å². The van der Waals surface area contributed by atoms with Crippen LogP contribution in [-0.4, -0.2) is 60.2 Å². The maximum absolute atomic E-state index is 11.9. The number of aromatic nitrogens is 1. The second kappa shape index (κ2) is 8.14. The molecular formula is C15H24N4O3S. The number of anilines is 1. The predicted molar refractivity (Wildman–Crippen MR) is 90.1 cm³/mol. The standard InChI is InChI=1S/C15H24N4O3S/c1-11(13(20)21)9-18(2)14(22)16-6-5-12-10-23-15(17-12)19-7-3-4-8-19/h10-11H,3-9H2,1-2H3,(H,16,22)(H,20,21). The van der Waals surface area contributed by atoms with Gasteiger partial charge in [-0.1, -0.05) is 6.92 Å². The normalized spacial score (nSPS) is 15.5. The lowest BCUT2D eigenvalue weighted by molar-refractivity contribution is -0.141. The van der Waals surface area contributed by atoms with E-state index in [2.05, 4.69) is 15.2 Å². The summed E-state index contributed by atoms with van der Waals surface area (Å²) in [5.74, 6) is -1.48. The molecule has 1 aromatic rings.